The number of anilines is 2. The summed E-state index contributed by atoms with van der Waals surface area (Å²) in [4.78, 5) is 6.71. The Balaban J connectivity index is 2.03. The summed E-state index contributed by atoms with van der Waals surface area (Å²) in [5, 5.41) is 0. The SMILES string of the molecule is CCN(c1nc2ccc(N)cc2o1)C1CC1. The van der Waals surface area contributed by atoms with Crippen LogP contribution >= 0.6 is 0 Å². The maximum Gasteiger partial charge on any atom is 0.298 e. The fourth-order valence-electron chi connectivity index (χ4n) is 1.99. The summed E-state index contributed by atoms with van der Waals surface area (Å²) in [5.41, 5.74) is 8.08. The fourth-order valence-corrected chi connectivity index (χ4v) is 1.99. The molecule has 1 aromatic heterocycles. The van der Waals surface area contributed by atoms with Gasteiger partial charge in [0.05, 0.1) is 0 Å². The van der Waals surface area contributed by atoms with Gasteiger partial charge < -0.3 is 15.1 Å². The minimum absolute atomic E-state index is 0.621. The van der Waals surface area contributed by atoms with Gasteiger partial charge in [0.2, 0.25) is 0 Å². The van der Waals surface area contributed by atoms with Crippen molar-refractivity contribution in [1.29, 1.82) is 0 Å². The number of nitrogen functional groups attached to an aromatic ring is 1. The second kappa shape index (κ2) is 3.40. The first-order valence-electron chi connectivity index (χ1n) is 5.70. The van der Waals surface area contributed by atoms with E-state index in [9.17, 15) is 0 Å². The van der Waals surface area contributed by atoms with Crippen LogP contribution in [0.25, 0.3) is 11.1 Å². The lowest BCUT2D eigenvalue weighted by atomic mass is 10.3. The van der Waals surface area contributed by atoms with Crippen molar-refractivity contribution in [2.45, 2.75) is 25.8 Å². The molecule has 0 amide bonds. The van der Waals surface area contributed by atoms with Crippen molar-refractivity contribution in [1.82, 2.24) is 4.98 Å². The van der Waals surface area contributed by atoms with Crippen LogP contribution in [0.2, 0.25) is 0 Å². The van der Waals surface area contributed by atoms with Gasteiger partial charge in [0.25, 0.3) is 6.01 Å². The molecule has 4 nitrogen and oxygen atoms in total. The topological polar surface area (TPSA) is 55.3 Å². The van der Waals surface area contributed by atoms with Crippen LogP contribution in [0, 0.1) is 0 Å². The lowest BCUT2D eigenvalue weighted by Crippen LogP contribution is -2.25. The monoisotopic (exact) mass is 217 g/mol. The Labute approximate surface area is 94.0 Å². The van der Waals surface area contributed by atoms with E-state index in [1.54, 1.807) is 0 Å². The Kier molecular flexibility index (Phi) is 2.02. The van der Waals surface area contributed by atoms with Crippen LogP contribution in [0.3, 0.4) is 0 Å². The van der Waals surface area contributed by atoms with Gasteiger partial charge in [0.1, 0.15) is 5.52 Å². The quantitative estimate of drug-likeness (QED) is 0.802. The highest BCUT2D eigenvalue weighted by Crippen LogP contribution is 2.32. The molecule has 0 atom stereocenters. The van der Waals surface area contributed by atoms with E-state index in [1.165, 1.54) is 12.8 Å². The van der Waals surface area contributed by atoms with Crippen LogP contribution in [0.15, 0.2) is 22.6 Å². The first kappa shape index (κ1) is 9.51. The van der Waals surface area contributed by atoms with Crippen molar-refractivity contribution in [3.8, 4) is 0 Å². The smallest absolute Gasteiger partial charge is 0.298 e. The number of nitrogens with two attached hydrogens (primary N) is 1. The molecule has 1 saturated carbocycles. The van der Waals surface area contributed by atoms with Crippen LogP contribution in [0.4, 0.5) is 11.7 Å². The second-order valence-electron chi connectivity index (χ2n) is 4.24. The van der Waals surface area contributed by atoms with Gasteiger partial charge in [-0.3, -0.25) is 0 Å². The predicted octanol–water partition coefficient (Wildman–Crippen LogP) is 2.40. The fraction of sp³-hybridized carbons (Fsp3) is 0.417. The molecule has 0 spiro atoms. The van der Waals surface area contributed by atoms with E-state index in [-0.39, 0.29) is 0 Å². The van der Waals surface area contributed by atoms with Gasteiger partial charge in [-0.2, -0.15) is 4.98 Å². The molecule has 1 aliphatic rings. The third kappa shape index (κ3) is 1.50. The molecule has 0 radical (unpaired) electrons. The van der Waals surface area contributed by atoms with Gasteiger partial charge in [-0.05, 0) is 31.9 Å². The van der Waals surface area contributed by atoms with E-state index in [1.807, 2.05) is 18.2 Å². The van der Waals surface area contributed by atoms with E-state index in [0.29, 0.717) is 11.7 Å². The zero-order valence-electron chi connectivity index (χ0n) is 9.31. The molecular formula is C12H15N3O. The summed E-state index contributed by atoms with van der Waals surface area (Å²) in [7, 11) is 0. The number of aromatic nitrogens is 1. The van der Waals surface area contributed by atoms with Crippen LogP contribution in [0.5, 0.6) is 0 Å². The Hall–Kier alpha value is -1.71. The largest absolute Gasteiger partial charge is 0.423 e. The maximum atomic E-state index is 5.74. The van der Waals surface area contributed by atoms with Crippen molar-refractivity contribution in [2.24, 2.45) is 0 Å². The molecule has 84 valence electrons. The Morgan fingerprint density at radius 3 is 3.00 bits per heavy atom. The van der Waals surface area contributed by atoms with Crippen molar-refractivity contribution < 1.29 is 4.42 Å². The molecule has 0 bridgehead atoms. The number of fused-ring (bicyclic) bond motifs is 1. The number of rotatable bonds is 3. The minimum atomic E-state index is 0.621. The van der Waals surface area contributed by atoms with Gasteiger partial charge in [0.15, 0.2) is 5.58 Å². The van der Waals surface area contributed by atoms with Crippen molar-refractivity contribution >= 4 is 22.8 Å². The third-order valence-electron chi connectivity index (χ3n) is 2.98. The highest BCUT2D eigenvalue weighted by atomic mass is 16.4. The van der Waals surface area contributed by atoms with E-state index >= 15 is 0 Å². The zero-order valence-corrected chi connectivity index (χ0v) is 9.31. The Bertz CT molecular complexity index is 516. The van der Waals surface area contributed by atoms with Gasteiger partial charge >= 0.3 is 0 Å². The van der Waals surface area contributed by atoms with E-state index in [4.69, 9.17) is 10.2 Å². The summed E-state index contributed by atoms with van der Waals surface area (Å²) >= 11 is 0. The van der Waals surface area contributed by atoms with Gasteiger partial charge in [-0.1, -0.05) is 0 Å². The first-order valence-corrected chi connectivity index (χ1v) is 5.70. The van der Waals surface area contributed by atoms with Crippen LogP contribution < -0.4 is 10.6 Å². The highest BCUT2D eigenvalue weighted by Gasteiger charge is 2.30. The van der Waals surface area contributed by atoms with Crippen molar-refractivity contribution in [3.63, 3.8) is 0 Å². The Morgan fingerprint density at radius 2 is 2.31 bits per heavy atom. The highest BCUT2D eigenvalue weighted by molar-refractivity contribution is 5.78. The number of hydrogen-bond donors (Lipinski definition) is 1. The number of benzene rings is 1. The molecule has 1 aliphatic carbocycles. The minimum Gasteiger partial charge on any atom is -0.423 e. The average molecular weight is 217 g/mol. The van der Waals surface area contributed by atoms with Crippen LogP contribution in [0.1, 0.15) is 19.8 Å². The normalized spacial score (nSPS) is 15.6. The molecule has 2 N–H and O–H groups in total. The molecule has 4 heteroatoms. The second-order valence-corrected chi connectivity index (χ2v) is 4.24. The number of hydrogen-bond acceptors (Lipinski definition) is 4. The lowest BCUT2D eigenvalue weighted by Gasteiger charge is -2.16. The van der Waals surface area contributed by atoms with Gasteiger partial charge in [-0.15, -0.1) is 0 Å². The Morgan fingerprint density at radius 1 is 1.50 bits per heavy atom. The first-order chi connectivity index (χ1) is 7.78. The van der Waals surface area contributed by atoms with Crippen molar-refractivity contribution in [3.05, 3.63) is 18.2 Å². The summed E-state index contributed by atoms with van der Waals surface area (Å²) in [6.07, 6.45) is 2.49. The number of nitrogens with zero attached hydrogens (tertiary/aromatic N) is 2. The zero-order chi connectivity index (χ0) is 11.1. The van der Waals surface area contributed by atoms with E-state index < -0.39 is 0 Å². The summed E-state index contributed by atoms with van der Waals surface area (Å²) in [5.74, 6) is 0. The molecule has 0 unspecified atom stereocenters. The summed E-state index contributed by atoms with van der Waals surface area (Å²) in [6, 6.07) is 6.92. The molecular weight excluding hydrogens is 202 g/mol. The van der Waals surface area contributed by atoms with Gasteiger partial charge in [0, 0.05) is 24.3 Å². The molecule has 0 aliphatic heterocycles. The molecule has 1 fully saturated rings. The molecule has 16 heavy (non-hydrogen) atoms. The predicted molar refractivity (Wildman–Crippen MR) is 64.5 cm³/mol. The van der Waals surface area contributed by atoms with Crippen LogP contribution in [-0.2, 0) is 0 Å². The molecule has 3 rings (SSSR count). The number of oxazole rings is 1. The van der Waals surface area contributed by atoms with Crippen LogP contribution in [-0.4, -0.2) is 17.6 Å². The summed E-state index contributed by atoms with van der Waals surface area (Å²) in [6.45, 7) is 3.06. The molecule has 0 saturated heterocycles. The van der Waals surface area contributed by atoms with Gasteiger partial charge in [-0.25, -0.2) is 0 Å². The third-order valence-corrected chi connectivity index (χ3v) is 2.98. The standard InChI is InChI=1S/C12H15N3O/c1-2-15(9-4-5-9)12-14-10-6-3-8(13)7-11(10)16-12/h3,6-7,9H,2,4-5,13H2,1H3. The molecule has 1 aromatic carbocycles. The van der Waals surface area contributed by atoms with Crippen molar-refractivity contribution in [2.75, 3.05) is 17.2 Å². The van der Waals surface area contributed by atoms with E-state index in [2.05, 4.69) is 16.8 Å². The average Bonchev–Trinajstić information content (AvgIpc) is 2.99. The molecule has 2 aromatic rings. The lowest BCUT2D eigenvalue weighted by molar-refractivity contribution is 0.569. The van der Waals surface area contributed by atoms with E-state index in [0.717, 1.165) is 23.7 Å². The molecule has 1 heterocycles. The maximum absolute atomic E-state index is 5.74. The summed E-state index contributed by atoms with van der Waals surface area (Å²) < 4.78 is 5.74.